The Morgan fingerprint density at radius 2 is 1.94 bits per heavy atom. The fourth-order valence-corrected chi connectivity index (χ4v) is 1.82. The predicted molar refractivity (Wildman–Crippen MR) is 68.8 cm³/mol. The van der Waals surface area contributed by atoms with Gasteiger partial charge in [-0.2, -0.15) is 0 Å². The number of carbonyl (C=O) groups excluding carboxylic acids is 1. The van der Waals surface area contributed by atoms with Crippen molar-refractivity contribution >= 4 is 6.29 Å². The molecular weight excluding hydrogens is 210 g/mol. The molecule has 0 N–H and O–H groups in total. The average molecular weight is 225 g/mol. The molecule has 86 valence electrons. The summed E-state index contributed by atoms with van der Waals surface area (Å²) in [6.45, 7) is 2.06. The largest absolute Gasteiger partial charge is 0.303 e. The molecule has 2 heteroatoms. The lowest BCUT2D eigenvalue weighted by Crippen LogP contribution is -1.93. The van der Waals surface area contributed by atoms with E-state index in [1.165, 1.54) is 5.56 Å². The molecule has 0 aliphatic rings. The first-order chi connectivity index (χ1) is 8.31. The van der Waals surface area contributed by atoms with Gasteiger partial charge < -0.3 is 4.79 Å². The van der Waals surface area contributed by atoms with E-state index in [1.54, 1.807) is 6.20 Å². The van der Waals surface area contributed by atoms with Crippen LogP contribution in [-0.4, -0.2) is 11.3 Å². The monoisotopic (exact) mass is 225 g/mol. The summed E-state index contributed by atoms with van der Waals surface area (Å²) in [4.78, 5) is 14.6. The maximum absolute atomic E-state index is 10.5. The highest BCUT2D eigenvalue weighted by Gasteiger charge is 2.04. The minimum Gasteiger partial charge on any atom is -0.303 e. The molecule has 0 bridgehead atoms. The summed E-state index contributed by atoms with van der Waals surface area (Å²) < 4.78 is 0. The van der Waals surface area contributed by atoms with E-state index in [1.807, 2.05) is 18.3 Å². The molecule has 0 saturated heterocycles. The summed E-state index contributed by atoms with van der Waals surface area (Å²) in [6.07, 6.45) is 5.17. The van der Waals surface area contributed by atoms with Crippen LogP contribution in [0.2, 0.25) is 0 Å². The first kappa shape index (κ1) is 11.5. The number of aldehydes is 1. The molecule has 0 spiro atoms. The van der Waals surface area contributed by atoms with Gasteiger partial charge in [-0.3, -0.25) is 4.98 Å². The number of rotatable bonds is 4. The number of aromatic nitrogens is 1. The number of pyridine rings is 1. The Labute approximate surface area is 101 Å². The maximum Gasteiger partial charge on any atom is 0.120 e. The van der Waals surface area contributed by atoms with Crippen LogP contribution in [0, 0.1) is 0 Å². The van der Waals surface area contributed by atoms with Gasteiger partial charge in [0.15, 0.2) is 0 Å². The second-order valence-electron chi connectivity index (χ2n) is 4.17. The molecule has 1 atom stereocenters. The van der Waals surface area contributed by atoms with E-state index in [0.29, 0.717) is 6.42 Å². The van der Waals surface area contributed by atoms with E-state index in [9.17, 15) is 4.79 Å². The van der Waals surface area contributed by atoms with Crippen LogP contribution in [-0.2, 0) is 4.79 Å². The van der Waals surface area contributed by atoms with E-state index in [4.69, 9.17) is 0 Å². The van der Waals surface area contributed by atoms with Gasteiger partial charge in [0.25, 0.3) is 0 Å². The molecule has 2 nitrogen and oxygen atoms in total. The average Bonchev–Trinajstić information content (AvgIpc) is 2.40. The number of nitrogens with zero attached hydrogens (tertiary/aromatic N) is 1. The second kappa shape index (κ2) is 5.39. The van der Waals surface area contributed by atoms with Crippen LogP contribution in [0.1, 0.15) is 24.8 Å². The van der Waals surface area contributed by atoms with Gasteiger partial charge in [0.2, 0.25) is 0 Å². The third-order valence-corrected chi connectivity index (χ3v) is 2.92. The Morgan fingerprint density at radius 1 is 1.18 bits per heavy atom. The third-order valence-electron chi connectivity index (χ3n) is 2.92. The van der Waals surface area contributed by atoms with Crippen molar-refractivity contribution in [1.82, 2.24) is 4.98 Å². The molecule has 17 heavy (non-hydrogen) atoms. The summed E-state index contributed by atoms with van der Waals surface area (Å²) in [5, 5.41) is 0. The van der Waals surface area contributed by atoms with Crippen molar-refractivity contribution in [2.45, 2.75) is 19.3 Å². The molecule has 0 aliphatic carbocycles. The minimum absolute atomic E-state index is 0.287. The summed E-state index contributed by atoms with van der Waals surface area (Å²) >= 11 is 0. The standard InChI is InChI=1S/C15H15NO/c1-12(8-10-17)13-4-6-14(7-5-13)15-3-2-9-16-11-15/h2-7,9-12H,8H2,1H3. The van der Waals surface area contributed by atoms with E-state index < -0.39 is 0 Å². The van der Waals surface area contributed by atoms with Gasteiger partial charge in [0.05, 0.1) is 0 Å². The highest BCUT2D eigenvalue weighted by Crippen LogP contribution is 2.23. The Hall–Kier alpha value is -1.96. The van der Waals surface area contributed by atoms with E-state index in [2.05, 4.69) is 36.2 Å². The van der Waals surface area contributed by atoms with Crippen molar-refractivity contribution in [3.05, 3.63) is 54.4 Å². The summed E-state index contributed by atoms with van der Waals surface area (Å²) in [6, 6.07) is 12.3. The number of benzene rings is 1. The molecule has 0 saturated carbocycles. The molecule has 2 aromatic rings. The highest BCUT2D eigenvalue weighted by atomic mass is 16.1. The second-order valence-corrected chi connectivity index (χ2v) is 4.17. The molecule has 2 rings (SSSR count). The van der Waals surface area contributed by atoms with Gasteiger partial charge in [-0.05, 0) is 28.7 Å². The van der Waals surface area contributed by atoms with Crippen LogP contribution in [0.15, 0.2) is 48.8 Å². The first-order valence-electron chi connectivity index (χ1n) is 5.75. The maximum atomic E-state index is 10.5. The SMILES string of the molecule is CC(CC=O)c1ccc(-c2cccnc2)cc1. The number of carbonyl (C=O) groups is 1. The zero-order valence-corrected chi connectivity index (χ0v) is 9.84. The third kappa shape index (κ3) is 2.78. The Balaban J connectivity index is 2.21. The summed E-state index contributed by atoms with van der Waals surface area (Å²) in [5.41, 5.74) is 3.46. The van der Waals surface area contributed by atoms with Gasteiger partial charge >= 0.3 is 0 Å². The van der Waals surface area contributed by atoms with Crippen LogP contribution < -0.4 is 0 Å². The molecule has 1 aromatic carbocycles. The fraction of sp³-hybridized carbons (Fsp3) is 0.200. The normalized spacial score (nSPS) is 12.1. The first-order valence-corrected chi connectivity index (χ1v) is 5.75. The van der Waals surface area contributed by atoms with Crippen molar-refractivity contribution in [1.29, 1.82) is 0 Å². The smallest absolute Gasteiger partial charge is 0.120 e. The van der Waals surface area contributed by atoms with Gasteiger partial charge in [0.1, 0.15) is 6.29 Å². The lowest BCUT2D eigenvalue weighted by molar-refractivity contribution is -0.108. The van der Waals surface area contributed by atoms with E-state index in [-0.39, 0.29) is 5.92 Å². The van der Waals surface area contributed by atoms with Gasteiger partial charge in [0, 0.05) is 18.8 Å². The van der Waals surface area contributed by atoms with Crippen molar-refractivity contribution in [2.24, 2.45) is 0 Å². The molecule has 0 aliphatic heterocycles. The lowest BCUT2D eigenvalue weighted by atomic mass is 9.96. The topological polar surface area (TPSA) is 30.0 Å². The van der Waals surface area contributed by atoms with Crippen molar-refractivity contribution < 1.29 is 4.79 Å². The molecular formula is C15H15NO. The summed E-state index contributed by atoms with van der Waals surface area (Å²) in [5.74, 6) is 0.287. The number of hydrogen-bond acceptors (Lipinski definition) is 2. The Bertz CT molecular complexity index is 476. The minimum atomic E-state index is 0.287. The molecule has 0 radical (unpaired) electrons. The van der Waals surface area contributed by atoms with Crippen LogP contribution in [0.4, 0.5) is 0 Å². The Morgan fingerprint density at radius 3 is 2.53 bits per heavy atom. The lowest BCUT2D eigenvalue weighted by Gasteiger charge is -2.09. The highest BCUT2D eigenvalue weighted by molar-refractivity contribution is 5.62. The zero-order valence-electron chi connectivity index (χ0n) is 9.84. The fourth-order valence-electron chi connectivity index (χ4n) is 1.82. The van der Waals surface area contributed by atoms with Gasteiger partial charge in [-0.15, -0.1) is 0 Å². The van der Waals surface area contributed by atoms with Crippen LogP contribution in [0.25, 0.3) is 11.1 Å². The van der Waals surface area contributed by atoms with Crippen LogP contribution >= 0.6 is 0 Å². The number of hydrogen-bond donors (Lipinski definition) is 0. The zero-order chi connectivity index (χ0) is 12.1. The van der Waals surface area contributed by atoms with Gasteiger partial charge in [-0.1, -0.05) is 37.3 Å². The molecule has 1 heterocycles. The van der Waals surface area contributed by atoms with Crippen molar-refractivity contribution in [2.75, 3.05) is 0 Å². The predicted octanol–water partition coefficient (Wildman–Crippen LogP) is 3.44. The van der Waals surface area contributed by atoms with Crippen LogP contribution in [0.5, 0.6) is 0 Å². The molecule has 1 aromatic heterocycles. The Kier molecular flexibility index (Phi) is 3.66. The van der Waals surface area contributed by atoms with E-state index in [0.717, 1.165) is 17.4 Å². The quantitative estimate of drug-likeness (QED) is 0.746. The van der Waals surface area contributed by atoms with E-state index >= 15 is 0 Å². The van der Waals surface area contributed by atoms with Crippen LogP contribution in [0.3, 0.4) is 0 Å². The van der Waals surface area contributed by atoms with Gasteiger partial charge in [-0.25, -0.2) is 0 Å². The molecule has 1 unspecified atom stereocenters. The summed E-state index contributed by atoms with van der Waals surface area (Å²) in [7, 11) is 0. The van der Waals surface area contributed by atoms with Crippen molar-refractivity contribution in [3.63, 3.8) is 0 Å². The molecule has 0 fully saturated rings. The molecule has 0 amide bonds. The van der Waals surface area contributed by atoms with Crippen molar-refractivity contribution in [3.8, 4) is 11.1 Å².